The standard InChI is InChI=1S/C18H25NO2/c1-5-9-16-12-15(14-10-7-6-8-11-14)13-19(16)17(20)21-18(2,3)4/h5-8,10-11,15-16H,1,9,12-13H2,2-4H3/t15-,16+/m1/s1. The average molecular weight is 287 g/mol. The molecule has 3 heteroatoms. The fraction of sp³-hybridized carbons (Fsp3) is 0.500. The van der Waals surface area contributed by atoms with Gasteiger partial charge in [-0.1, -0.05) is 36.4 Å². The summed E-state index contributed by atoms with van der Waals surface area (Å²) in [6.45, 7) is 10.2. The first-order valence-electron chi connectivity index (χ1n) is 7.56. The number of hydrogen-bond donors (Lipinski definition) is 0. The van der Waals surface area contributed by atoms with Crippen molar-refractivity contribution < 1.29 is 9.53 Å². The molecule has 1 aliphatic rings. The van der Waals surface area contributed by atoms with Crippen molar-refractivity contribution in [3.05, 3.63) is 48.6 Å². The monoisotopic (exact) mass is 287 g/mol. The second-order valence-corrected chi connectivity index (χ2v) is 6.65. The number of carbonyl (C=O) groups is 1. The van der Waals surface area contributed by atoms with Gasteiger partial charge in [-0.2, -0.15) is 0 Å². The van der Waals surface area contributed by atoms with Crippen molar-refractivity contribution in [2.45, 2.75) is 51.2 Å². The van der Waals surface area contributed by atoms with Crippen LogP contribution in [-0.2, 0) is 4.74 Å². The van der Waals surface area contributed by atoms with Crippen molar-refractivity contribution >= 4 is 6.09 Å². The molecule has 0 saturated carbocycles. The van der Waals surface area contributed by atoms with E-state index in [0.29, 0.717) is 5.92 Å². The highest BCUT2D eigenvalue weighted by molar-refractivity contribution is 5.69. The summed E-state index contributed by atoms with van der Waals surface area (Å²) in [5.41, 5.74) is 0.832. The Hall–Kier alpha value is -1.77. The van der Waals surface area contributed by atoms with Gasteiger partial charge in [-0.05, 0) is 39.2 Å². The zero-order valence-corrected chi connectivity index (χ0v) is 13.2. The van der Waals surface area contributed by atoms with Gasteiger partial charge in [-0.15, -0.1) is 6.58 Å². The molecule has 0 radical (unpaired) electrons. The number of carbonyl (C=O) groups excluding carboxylic acids is 1. The molecule has 0 unspecified atom stereocenters. The van der Waals surface area contributed by atoms with Crippen LogP contribution in [0.5, 0.6) is 0 Å². The quantitative estimate of drug-likeness (QED) is 0.773. The van der Waals surface area contributed by atoms with Crippen molar-refractivity contribution in [2.24, 2.45) is 0 Å². The number of rotatable bonds is 3. The Balaban J connectivity index is 2.12. The molecule has 1 aliphatic heterocycles. The van der Waals surface area contributed by atoms with Gasteiger partial charge in [0.15, 0.2) is 0 Å². The molecule has 1 heterocycles. The van der Waals surface area contributed by atoms with Crippen molar-refractivity contribution in [1.29, 1.82) is 0 Å². The highest BCUT2D eigenvalue weighted by Gasteiger charge is 2.37. The summed E-state index contributed by atoms with van der Waals surface area (Å²) < 4.78 is 5.54. The molecule has 3 nitrogen and oxygen atoms in total. The predicted molar refractivity (Wildman–Crippen MR) is 85.3 cm³/mol. The summed E-state index contributed by atoms with van der Waals surface area (Å²) in [6, 6.07) is 10.6. The van der Waals surface area contributed by atoms with E-state index in [1.807, 2.05) is 49.9 Å². The van der Waals surface area contributed by atoms with E-state index in [1.165, 1.54) is 5.56 Å². The summed E-state index contributed by atoms with van der Waals surface area (Å²) in [7, 11) is 0. The molecule has 0 spiro atoms. The normalized spacial score (nSPS) is 22.1. The minimum Gasteiger partial charge on any atom is -0.444 e. The number of likely N-dealkylation sites (tertiary alicyclic amines) is 1. The van der Waals surface area contributed by atoms with Crippen LogP contribution in [0.4, 0.5) is 4.79 Å². The number of nitrogens with zero attached hydrogens (tertiary/aromatic N) is 1. The van der Waals surface area contributed by atoms with Gasteiger partial charge in [-0.25, -0.2) is 4.79 Å². The highest BCUT2D eigenvalue weighted by Crippen LogP contribution is 2.34. The highest BCUT2D eigenvalue weighted by atomic mass is 16.6. The Morgan fingerprint density at radius 2 is 2.05 bits per heavy atom. The average Bonchev–Trinajstić information content (AvgIpc) is 2.82. The fourth-order valence-corrected chi connectivity index (χ4v) is 2.84. The van der Waals surface area contributed by atoms with Crippen LogP contribution in [0.15, 0.2) is 43.0 Å². The Labute approximate surface area is 127 Å². The van der Waals surface area contributed by atoms with Crippen LogP contribution in [0.2, 0.25) is 0 Å². The van der Waals surface area contributed by atoms with Crippen LogP contribution in [0, 0.1) is 0 Å². The zero-order valence-electron chi connectivity index (χ0n) is 13.2. The third-order valence-corrected chi connectivity index (χ3v) is 3.75. The van der Waals surface area contributed by atoms with Crippen LogP contribution < -0.4 is 0 Å². The van der Waals surface area contributed by atoms with Crippen LogP contribution in [0.3, 0.4) is 0 Å². The van der Waals surface area contributed by atoms with Gasteiger partial charge in [0.25, 0.3) is 0 Å². The van der Waals surface area contributed by atoms with Crippen LogP contribution >= 0.6 is 0 Å². The topological polar surface area (TPSA) is 29.5 Å². The van der Waals surface area contributed by atoms with Crippen molar-refractivity contribution in [2.75, 3.05) is 6.54 Å². The molecule has 1 fully saturated rings. The number of hydrogen-bond acceptors (Lipinski definition) is 2. The first-order chi connectivity index (χ1) is 9.90. The van der Waals surface area contributed by atoms with E-state index in [2.05, 4.69) is 18.7 Å². The minimum absolute atomic E-state index is 0.183. The summed E-state index contributed by atoms with van der Waals surface area (Å²) in [6.07, 6.45) is 3.44. The third-order valence-electron chi connectivity index (χ3n) is 3.75. The third kappa shape index (κ3) is 4.10. The predicted octanol–water partition coefficient (Wildman–Crippen LogP) is 4.36. The number of ether oxygens (including phenoxy) is 1. The molecule has 0 bridgehead atoms. The molecule has 0 N–H and O–H groups in total. The van der Waals surface area contributed by atoms with Gasteiger partial charge in [0, 0.05) is 18.5 Å². The van der Waals surface area contributed by atoms with Crippen LogP contribution in [0.1, 0.15) is 45.1 Å². The van der Waals surface area contributed by atoms with E-state index >= 15 is 0 Å². The van der Waals surface area contributed by atoms with Crippen LogP contribution in [0.25, 0.3) is 0 Å². The van der Waals surface area contributed by atoms with Gasteiger partial charge >= 0.3 is 6.09 Å². The second-order valence-electron chi connectivity index (χ2n) is 6.65. The Bertz CT molecular complexity index is 490. The van der Waals surface area contributed by atoms with E-state index in [1.54, 1.807) is 0 Å². The van der Waals surface area contributed by atoms with E-state index in [0.717, 1.165) is 19.4 Å². The van der Waals surface area contributed by atoms with Gasteiger partial charge in [0.05, 0.1) is 0 Å². The molecular weight excluding hydrogens is 262 g/mol. The smallest absolute Gasteiger partial charge is 0.410 e. The molecule has 0 aromatic heterocycles. The minimum atomic E-state index is -0.458. The van der Waals surface area contributed by atoms with E-state index in [-0.39, 0.29) is 12.1 Å². The Morgan fingerprint density at radius 3 is 2.62 bits per heavy atom. The van der Waals surface area contributed by atoms with Gasteiger partial charge < -0.3 is 9.64 Å². The molecule has 1 aromatic carbocycles. The molecule has 2 rings (SSSR count). The van der Waals surface area contributed by atoms with Crippen molar-refractivity contribution in [3.8, 4) is 0 Å². The maximum Gasteiger partial charge on any atom is 0.410 e. The summed E-state index contributed by atoms with van der Waals surface area (Å²) in [5.74, 6) is 0.378. The zero-order chi connectivity index (χ0) is 15.5. The molecule has 1 aromatic rings. The lowest BCUT2D eigenvalue weighted by Crippen LogP contribution is -2.39. The Kier molecular flexibility index (Phi) is 4.71. The molecule has 0 aliphatic carbocycles. The van der Waals surface area contributed by atoms with Gasteiger partial charge in [0.1, 0.15) is 5.60 Å². The maximum absolute atomic E-state index is 12.4. The van der Waals surface area contributed by atoms with Gasteiger partial charge in [-0.3, -0.25) is 0 Å². The molecule has 2 atom stereocenters. The summed E-state index contributed by atoms with van der Waals surface area (Å²) in [5, 5.41) is 0. The SMILES string of the molecule is C=CC[C@H]1C[C@@H](c2ccccc2)CN1C(=O)OC(C)(C)C. The fourth-order valence-electron chi connectivity index (χ4n) is 2.84. The molecule has 21 heavy (non-hydrogen) atoms. The maximum atomic E-state index is 12.4. The largest absolute Gasteiger partial charge is 0.444 e. The molecule has 1 saturated heterocycles. The van der Waals surface area contributed by atoms with Crippen molar-refractivity contribution in [3.63, 3.8) is 0 Å². The molecule has 1 amide bonds. The summed E-state index contributed by atoms with van der Waals surface area (Å²) >= 11 is 0. The lowest BCUT2D eigenvalue weighted by Gasteiger charge is -2.28. The first kappa shape index (κ1) is 15.6. The lowest BCUT2D eigenvalue weighted by atomic mass is 9.96. The van der Waals surface area contributed by atoms with E-state index in [9.17, 15) is 4.79 Å². The van der Waals surface area contributed by atoms with Crippen LogP contribution in [-0.4, -0.2) is 29.2 Å². The van der Waals surface area contributed by atoms with Crippen molar-refractivity contribution in [1.82, 2.24) is 4.90 Å². The van der Waals surface area contributed by atoms with Gasteiger partial charge in [0.2, 0.25) is 0 Å². The number of amides is 1. The molecular formula is C18H25NO2. The number of benzene rings is 1. The lowest BCUT2D eigenvalue weighted by molar-refractivity contribution is 0.0226. The van der Waals surface area contributed by atoms with E-state index < -0.39 is 5.60 Å². The van der Waals surface area contributed by atoms with E-state index in [4.69, 9.17) is 4.74 Å². The summed E-state index contributed by atoms with van der Waals surface area (Å²) in [4.78, 5) is 14.3. The first-order valence-corrected chi connectivity index (χ1v) is 7.56. The second kappa shape index (κ2) is 6.33. The molecule has 114 valence electrons. The Morgan fingerprint density at radius 1 is 1.38 bits per heavy atom.